The van der Waals surface area contributed by atoms with Crippen molar-refractivity contribution < 1.29 is 9.59 Å². The molecule has 3 heterocycles. The van der Waals surface area contributed by atoms with Crippen LogP contribution in [0.3, 0.4) is 0 Å². The number of halogens is 1. The summed E-state index contributed by atoms with van der Waals surface area (Å²) >= 11 is 5.86. The van der Waals surface area contributed by atoms with Crippen molar-refractivity contribution in [2.24, 2.45) is 0 Å². The molecule has 1 fully saturated rings. The minimum atomic E-state index is -0.559. The molecule has 2 amide bonds. The fourth-order valence-electron chi connectivity index (χ4n) is 2.42. The number of aromatic nitrogens is 3. The lowest BCUT2D eigenvalue weighted by Crippen LogP contribution is -2.43. The number of imide groups is 1. The van der Waals surface area contributed by atoms with E-state index in [1.807, 2.05) is 0 Å². The maximum atomic E-state index is 12.2. The molecule has 8 heteroatoms. The van der Waals surface area contributed by atoms with Crippen LogP contribution in [0.4, 0.5) is 5.95 Å². The maximum absolute atomic E-state index is 12.2. The molecule has 2 N–H and O–H groups in total. The molecular formula is C12H12ClN5O2. The van der Waals surface area contributed by atoms with Crippen LogP contribution in [0.25, 0.3) is 11.2 Å². The number of fused-ring (bicyclic) bond motifs is 1. The highest BCUT2D eigenvalue weighted by molar-refractivity contribution is 6.31. The van der Waals surface area contributed by atoms with Gasteiger partial charge in [-0.2, -0.15) is 0 Å². The van der Waals surface area contributed by atoms with E-state index in [9.17, 15) is 9.59 Å². The third-order valence-corrected chi connectivity index (χ3v) is 3.66. The first-order valence-corrected chi connectivity index (χ1v) is 6.46. The first-order chi connectivity index (χ1) is 9.49. The molecule has 2 aromatic heterocycles. The monoisotopic (exact) mass is 293 g/mol. The molecule has 0 radical (unpaired) electrons. The van der Waals surface area contributed by atoms with Gasteiger partial charge in [0.05, 0.1) is 5.02 Å². The molecular weight excluding hydrogens is 282 g/mol. The number of anilines is 1. The zero-order chi connectivity index (χ0) is 14.4. The number of nitrogen functional groups attached to an aromatic ring is 1. The summed E-state index contributed by atoms with van der Waals surface area (Å²) in [5, 5.41) is 0.449. The Labute approximate surface area is 119 Å². The fraction of sp³-hybridized carbons (Fsp3) is 0.333. The number of nitrogens with zero attached hydrogens (tertiary/aromatic N) is 4. The number of hydrogen-bond acceptors (Lipinski definition) is 5. The number of hydrogen-bond donors (Lipinski definition) is 1. The highest BCUT2D eigenvalue weighted by Gasteiger charge is 2.35. The number of carbonyl (C=O) groups excluding carboxylic acids is 2. The molecule has 0 bridgehead atoms. The van der Waals surface area contributed by atoms with Crippen LogP contribution in [0.5, 0.6) is 0 Å². The third kappa shape index (κ3) is 1.82. The molecule has 2 aromatic rings. The average molecular weight is 294 g/mol. The molecule has 104 valence electrons. The Balaban J connectivity index is 2.12. The summed E-state index contributed by atoms with van der Waals surface area (Å²) in [6.07, 6.45) is 2.16. The van der Waals surface area contributed by atoms with Crippen molar-refractivity contribution in [3.8, 4) is 0 Å². The molecule has 1 aliphatic heterocycles. The summed E-state index contributed by atoms with van der Waals surface area (Å²) < 4.78 is 1.57. The van der Waals surface area contributed by atoms with Gasteiger partial charge >= 0.3 is 0 Å². The topological polar surface area (TPSA) is 94.1 Å². The van der Waals surface area contributed by atoms with Gasteiger partial charge in [-0.1, -0.05) is 11.6 Å². The van der Waals surface area contributed by atoms with Crippen molar-refractivity contribution in [1.82, 2.24) is 19.4 Å². The summed E-state index contributed by atoms with van der Waals surface area (Å²) in [4.78, 5) is 33.2. The molecule has 0 aliphatic carbocycles. The molecule has 1 unspecified atom stereocenters. The van der Waals surface area contributed by atoms with Crippen molar-refractivity contribution in [3.05, 3.63) is 17.3 Å². The van der Waals surface area contributed by atoms with Crippen LogP contribution < -0.4 is 5.73 Å². The largest absolute Gasteiger partial charge is 0.369 e. The van der Waals surface area contributed by atoms with Crippen LogP contribution in [0.1, 0.15) is 18.9 Å². The van der Waals surface area contributed by atoms with Crippen molar-refractivity contribution in [3.63, 3.8) is 0 Å². The van der Waals surface area contributed by atoms with Gasteiger partial charge in [0.1, 0.15) is 11.6 Å². The average Bonchev–Trinajstić information content (AvgIpc) is 2.72. The zero-order valence-corrected chi connectivity index (χ0v) is 11.5. The van der Waals surface area contributed by atoms with Crippen LogP contribution in [-0.4, -0.2) is 38.3 Å². The van der Waals surface area contributed by atoms with E-state index in [0.717, 1.165) is 4.90 Å². The summed E-state index contributed by atoms with van der Waals surface area (Å²) in [5.74, 6) is -0.301. The lowest BCUT2D eigenvalue weighted by Gasteiger charge is -2.28. The number of imidazole rings is 1. The molecule has 0 saturated carbocycles. The first-order valence-electron chi connectivity index (χ1n) is 6.08. The third-order valence-electron chi connectivity index (χ3n) is 3.46. The van der Waals surface area contributed by atoms with Crippen molar-refractivity contribution in [2.45, 2.75) is 18.9 Å². The zero-order valence-electron chi connectivity index (χ0n) is 10.7. The number of nitrogens with two attached hydrogens (primary N) is 1. The first kappa shape index (κ1) is 12.9. The number of likely N-dealkylation sites (N-methyl/N-ethyl adjacent to an activating group) is 1. The second kappa shape index (κ2) is 4.45. The van der Waals surface area contributed by atoms with Crippen molar-refractivity contribution in [1.29, 1.82) is 0 Å². The van der Waals surface area contributed by atoms with Gasteiger partial charge in [0, 0.05) is 19.7 Å². The van der Waals surface area contributed by atoms with E-state index in [2.05, 4.69) is 9.97 Å². The number of amides is 2. The van der Waals surface area contributed by atoms with E-state index in [1.165, 1.54) is 13.2 Å². The molecule has 0 aromatic carbocycles. The Morgan fingerprint density at radius 2 is 2.20 bits per heavy atom. The Kier molecular flexibility index (Phi) is 2.86. The quantitative estimate of drug-likeness (QED) is 0.791. The van der Waals surface area contributed by atoms with Crippen LogP contribution >= 0.6 is 11.6 Å². The van der Waals surface area contributed by atoms with E-state index in [0.29, 0.717) is 29.0 Å². The fourth-order valence-corrected chi connectivity index (χ4v) is 2.57. The molecule has 1 saturated heterocycles. The van der Waals surface area contributed by atoms with Gasteiger partial charge < -0.3 is 5.73 Å². The molecule has 1 atom stereocenters. The molecule has 3 rings (SSSR count). The highest BCUT2D eigenvalue weighted by Crippen LogP contribution is 2.29. The van der Waals surface area contributed by atoms with Crippen LogP contribution in [0.2, 0.25) is 5.02 Å². The molecule has 1 aliphatic rings. The van der Waals surface area contributed by atoms with Crippen molar-refractivity contribution in [2.75, 3.05) is 12.8 Å². The second-order valence-corrected chi connectivity index (χ2v) is 5.12. The van der Waals surface area contributed by atoms with Gasteiger partial charge in [-0.05, 0) is 12.5 Å². The standard InChI is InChI=1S/C12H12ClN5O2/c1-17-9(19)3-2-8(11(17)20)18-10-7(16-12(18)14)4-6(13)5-15-10/h4-5,8H,2-3H2,1H3,(H2,14,16). The summed E-state index contributed by atoms with van der Waals surface area (Å²) in [6.45, 7) is 0. The Bertz CT molecular complexity index is 726. The van der Waals surface area contributed by atoms with E-state index in [-0.39, 0.29) is 17.8 Å². The summed E-state index contributed by atoms with van der Waals surface area (Å²) in [6, 6.07) is 1.08. The highest BCUT2D eigenvalue weighted by atomic mass is 35.5. The van der Waals surface area contributed by atoms with Gasteiger partial charge in [-0.3, -0.25) is 19.1 Å². The summed E-state index contributed by atoms with van der Waals surface area (Å²) in [5.41, 5.74) is 6.91. The Hall–Kier alpha value is -2.15. The number of piperidine rings is 1. The van der Waals surface area contributed by atoms with Crippen LogP contribution in [0.15, 0.2) is 12.3 Å². The summed E-state index contributed by atoms with van der Waals surface area (Å²) in [7, 11) is 1.47. The normalized spacial score (nSPS) is 19.9. The number of pyridine rings is 1. The maximum Gasteiger partial charge on any atom is 0.252 e. The lowest BCUT2D eigenvalue weighted by atomic mass is 10.0. The molecule has 20 heavy (non-hydrogen) atoms. The van der Waals surface area contributed by atoms with Gasteiger partial charge in [0.25, 0.3) is 5.91 Å². The predicted octanol–water partition coefficient (Wildman–Crippen LogP) is 0.987. The van der Waals surface area contributed by atoms with Crippen molar-refractivity contribution >= 4 is 40.5 Å². The minimum absolute atomic E-state index is 0.190. The smallest absolute Gasteiger partial charge is 0.252 e. The van der Waals surface area contributed by atoms with Gasteiger partial charge in [0.2, 0.25) is 11.9 Å². The Morgan fingerprint density at radius 1 is 1.45 bits per heavy atom. The van der Waals surface area contributed by atoms with E-state index in [1.54, 1.807) is 10.6 Å². The number of carbonyl (C=O) groups is 2. The van der Waals surface area contributed by atoms with E-state index in [4.69, 9.17) is 17.3 Å². The van der Waals surface area contributed by atoms with E-state index < -0.39 is 6.04 Å². The SMILES string of the molecule is CN1C(=O)CCC(n2c(N)nc3cc(Cl)cnc32)C1=O. The number of likely N-dealkylation sites (tertiary alicyclic amines) is 1. The minimum Gasteiger partial charge on any atom is -0.369 e. The molecule has 7 nitrogen and oxygen atoms in total. The molecule has 0 spiro atoms. The van der Waals surface area contributed by atoms with E-state index >= 15 is 0 Å². The van der Waals surface area contributed by atoms with Gasteiger partial charge in [0.15, 0.2) is 5.65 Å². The second-order valence-electron chi connectivity index (χ2n) is 4.68. The van der Waals surface area contributed by atoms with Crippen LogP contribution in [0, 0.1) is 0 Å². The van der Waals surface area contributed by atoms with Crippen LogP contribution in [-0.2, 0) is 9.59 Å². The van der Waals surface area contributed by atoms with Gasteiger partial charge in [-0.25, -0.2) is 9.97 Å². The lowest BCUT2D eigenvalue weighted by molar-refractivity contribution is -0.149. The predicted molar refractivity (Wildman–Crippen MR) is 73.0 cm³/mol. The number of rotatable bonds is 1. The Morgan fingerprint density at radius 3 is 2.95 bits per heavy atom. The van der Waals surface area contributed by atoms with Gasteiger partial charge in [-0.15, -0.1) is 0 Å².